The van der Waals surface area contributed by atoms with Gasteiger partial charge >= 0.3 is 17.1 Å². The van der Waals surface area contributed by atoms with E-state index in [0.29, 0.717) is 0 Å². The Morgan fingerprint density at radius 3 is 1.00 bits per heavy atom. The fourth-order valence-electron chi connectivity index (χ4n) is 0.859. The van der Waals surface area contributed by atoms with Gasteiger partial charge in [-0.15, -0.1) is 0 Å². The molecule has 0 bridgehead atoms. The third-order valence-electron chi connectivity index (χ3n) is 1.22. The molecule has 0 heterocycles. The van der Waals surface area contributed by atoms with Crippen LogP contribution in [-0.4, -0.2) is 17.3 Å². The predicted molar refractivity (Wildman–Crippen MR) is 35.5 cm³/mol. The van der Waals surface area contributed by atoms with Crippen molar-refractivity contribution in [3.63, 3.8) is 0 Å². The third-order valence-corrected chi connectivity index (χ3v) is 1.22. The van der Waals surface area contributed by atoms with Crippen molar-refractivity contribution in [2.45, 2.75) is 20.8 Å². The summed E-state index contributed by atoms with van der Waals surface area (Å²) in [5, 5.41) is 0. The molecule has 11 heavy (non-hydrogen) atoms. The maximum Gasteiger partial charge on any atom is 1.00 e. The zero-order chi connectivity index (χ0) is 8.31. The van der Waals surface area contributed by atoms with Gasteiger partial charge < -0.3 is 0 Å². The molecule has 0 N–H and O–H groups in total. The maximum atomic E-state index is 10.6. The van der Waals surface area contributed by atoms with Gasteiger partial charge in [-0.25, -0.2) is 0 Å². The Kier molecular flexibility index (Phi) is 6.23. The van der Waals surface area contributed by atoms with E-state index in [1.807, 2.05) is 0 Å². The molecule has 0 rings (SSSR count). The molecule has 0 amide bonds. The Balaban J connectivity index is 0. The van der Waals surface area contributed by atoms with Gasteiger partial charge in [0.15, 0.2) is 0 Å². The van der Waals surface area contributed by atoms with Crippen molar-refractivity contribution in [3.8, 4) is 0 Å². The van der Waals surface area contributed by atoms with Crippen molar-refractivity contribution < 1.29 is 31.5 Å². The van der Waals surface area contributed by atoms with Crippen molar-refractivity contribution in [3.05, 3.63) is 0 Å². The van der Waals surface area contributed by atoms with Crippen LogP contribution in [0, 0.1) is 5.92 Å². The second kappa shape index (κ2) is 5.22. The van der Waals surface area contributed by atoms with Crippen molar-refractivity contribution in [1.29, 1.82) is 0 Å². The van der Waals surface area contributed by atoms with Crippen LogP contribution in [0.1, 0.15) is 20.8 Å². The Bertz CT molecular complexity index is 153. The quantitative estimate of drug-likeness (QED) is 0.494. The fraction of sp³-hybridized carbons (Fsp3) is 0.571. The molecule has 0 fully saturated rings. The molecule has 0 aromatic carbocycles. The number of carbonyl (C=O) groups excluding carboxylic acids is 3. The molecule has 0 aromatic rings. The second-order valence-electron chi connectivity index (χ2n) is 2.26. The SMILES string of the molecule is CC(=O)C(C(C)=O)C(C)=O.[Cu+]. The Labute approximate surface area is 76.0 Å². The molecule has 0 saturated carbocycles. The predicted octanol–water partition coefficient (Wildman–Crippen LogP) is 0.367. The molecule has 0 aromatic heterocycles. The van der Waals surface area contributed by atoms with Gasteiger partial charge in [0.1, 0.15) is 23.3 Å². The van der Waals surface area contributed by atoms with Crippen LogP contribution in [0.5, 0.6) is 0 Å². The summed E-state index contributed by atoms with van der Waals surface area (Å²) in [6.07, 6.45) is 0. The normalized spacial score (nSPS) is 8.73. The van der Waals surface area contributed by atoms with Crippen LogP contribution in [0.3, 0.4) is 0 Å². The summed E-state index contributed by atoms with van der Waals surface area (Å²) < 4.78 is 0. The summed E-state index contributed by atoms with van der Waals surface area (Å²) in [4.78, 5) is 31.8. The molecule has 0 saturated heterocycles. The summed E-state index contributed by atoms with van der Waals surface area (Å²) in [5.74, 6) is -2.15. The van der Waals surface area contributed by atoms with Crippen molar-refractivity contribution >= 4 is 17.3 Å². The van der Waals surface area contributed by atoms with Crippen LogP contribution in [-0.2, 0) is 31.5 Å². The molecule has 0 aliphatic heterocycles. The van der Waals surface area contributed by atoms with Crippen LogP contribution in [0.25, 0.3) is 0 Å². The average molecular weight is 206 g/mol. The van der Waals surface area contributed by atoms with Gasteiger partial charge in [0.2, 0.25) is 0 Å². The van der Waals surface area contributed by atoms with E-state index in [-0.39, 0.29) is 34.4 Å². The number of Topliss-reactive ketones (excluding diaryl/α,β-unsaturated/α-hetero) is 3. The van der Waals surface area contributed by atoms with Crippen molar-refractivity contribution in [1.82, 2.24) is 0 Å². The zero-order valence-corrected chi connectivity index (χ0v) is 7.55. The molecule has 3 nitrogen and oxygen atoms in total. The van der Waals surface area contributed by atoms with Gasteiger partial charge in [-0.1, -0.05) is 0 Å². The molecule has 0 spiro atoms. The van der Waals surface area contributed by atoms with Crippen LogP contribution in [0.4, 0.5) is 0 Å². The smallest absolute Gasteiger partial charge is 0.299 e. The molecule has 66 valence electrons. The first-order valence-corrected chi connectivity index (χ1v) is 2.98. The number of rotatable bonds is 3. The number of carbonyl (C=O) groups is 3. The first-order valence-electron chi connectivity index (χ1n) is 2.98. The van der Waals surface area contributed by atoms with E-state index >= 15 is 0 Å². The van der Waals surface area contributed by atoms with E-state index in [9.17, 15) is 14.4 Å². The van der Waals surface area contributed by atoms with E-state index in [1.165, 1.54) is 20.8 Å². The summed E-state index contributed by atoms with van der Waals surface area (Å²) in [5.41, 5.74) is 0. The minimum Gasteiger partial charge on any atom is -0.299 e. The molecule has 0 aliphatic carbocycles. The number of hydrogen-bond acceptors (Lipinski definition) is 3. The minimum atomic E-state index is -1.03. The van der Waals surface area contributed by atoms with Crippen LogP contribution < -0.4 is 0 Å². The van der Waals surface area contributed by atoms with Gasteiger partial charge in [0, 0.05) is 0 Å². The van der Waals surface area contributed by atoms with Gasteiger partial charge in [0.05, 0.1) is 0 Å². The summed E-state index contributed by atoms with van der Waals surface area (Å²) in [6, 6.07) is 0. The maximum absolute atomic E-state index is 10.6. The average Bonchev–Trinajstić information content (AvgIpc) is 1.59. The third kappa shape index (κ3) is 4.06. The molecule has 0 radical (unpaired) electrons. The summed E-state index contributed by atoms with van der Waals surface area (Å²) >= 11 is 0. The van der Waals surface area contributed by atoms with Crippen LogP contribution >= 0.6 is 0 Å². The summed E-state index contributed by atoms with van der Waals surface area (Å²) in [7, 11) is 0. The topological polar surface area (TPSA) is 51.2 Å². The monoisotopic (exact) mass is 205 g/mol. The minimum absolute atomic E-state index is 0. The molecule has 4 heteroatoms. The Hall–Kier alpha value is -0.471. The van der Waals surface area contributed by atoms with E-state index in [2.05, 4.69) is 0 Å². The molecule has 0 unspecified atom stereocenters. The molecular weight excluding hydrogens is 196 g/mol. The largest absolute Gasteiger partial charge is 1.00 e. The first-order chi connectivity index (χ1) is 4.46. The Morgan fingerprint density at radius 1 is 0.818 bits per heavy atom. The zero-order valence-electron chi connectivity index (χ0n) is 6.60. The van der Waals surface area contributed by atoms with Gasteiger partial charge in [-0.2, -0.15) is 0 Å². The van der Waals surface area contributed by atoms with Crippen LogP contribution in [0.2, 0.25) is 0 Å². The van der Waals surface area contributed by atoms with E-state index in [4.69, 9.17) is 0 Å². The molecule has 0 aliphatic rings. The van der Waals surface area contributed by atoms with Gasteiger partial charge in [0.25, 0.3) is 0 Å². The standard InChI is InChI=1S/C7H10O3.Cu/c1-4(8)7(5(2)9)6(3)10;/h7H,1-3H3;/q;+1. The first kappa shape index (κ1) is 13.1. The van der Waals surface area contributed by atoms with Gasteiger partial charge in [-0.05, 0) is 20.8 Å². The van der Waals surface area contributed by atoms with E-state index in [0.717, 1.165) is 0 Å². The molecule has 0 atom stereocenters. The second-order valence-corrected chi connectivity index (χ2v) is 2.26. The molecular formula is C7H10CuO3+. The number of hydrogen-bond donors (Lipinski definition) is 0. The fourth-order valence-corrected chi connectivity index (χ4v) is 0.859. The van der Waals surface area contributed by atoms with Crippen LogP contribution in [0.15, 0.2) is 0 Å². The Morgan fingerprint density at radius 2 is 1.00 bits per heavy atom. The summed E-state index contributed by atoms with van der Waals surface area (Å²) in [6.45, 7) is 3.73. The number of ketones is 3. The van der Waals surface area contributed by atoms with E-state index in [1.54, 1.807) is 0 Å². The van der Waals surface area contributed by atoms with E-state index < -0.39 is 5.92 Å². The van der Waals surface area contributed by atoms with Crippen molar-refractivity contribution in [2.75, 3.05) is 0 Å². The van der Waals surface area contributed by atoms with Gasteiger partial charge in [-0.3, -0.25) is 14.4 Å². The van der Waals surface area contributed by atoms with Crippen molar-refractivity contribution in [2.24, 2.45) is 5.92 Å².